The van der Waals surface area contributed by atoms with Crippen molar-refractivity contribution in [2.24, 2.45) is 34.0 Å². The smallest absolute Gasteiger partial charge is 0.326 e. The Kier molecular flexibility index (Phi) is 26.9. The highest BCUT2D eigenvalue weighted by molar-refractivity contribution is 6.00. The van der Waals surface area contributed by atoms with Crippen LogP contribution in [0.3, 0.4) is 0 Å². The van der Waals surface area contributed by atoms with E-state index < -0.39 is 151 Å². The van der Waals surface area contributed by atoms with Gasteiger partial charge in [-0.3, -0.25) is 57.7 Å². The first-order valence-corrected chi connectivity index (χ1v) is 26.3. The molecule has 3 rings (SSSR count). The van der Waals surface area contributed by atoms with Crippen LogP contribution in [-0.2, 0) is 70.4 Å². The third-order valence-electron chi connectivity index (χ3n) is 12.8. The molecule has 0 spiro atoms. The van der Waals surface area contributed by atoms with Crippen LogP contribution in [0.5, 0.6) is 0 Å². The highest BCUT2D eigenvalue weighted by Gasteiger charge is 2.36. The number of aromatic amines is 1. The first kappa shape index (κ1) is 67.1. The molecule has 8 amide bonds. The molecule has 1 aromatic heterocycles. The number of guanidine groups is 1. The molecule has 0 radical (unpaired) electrons. The molecule has 0 aliphatic carbocycles. The molecule has 0 saturated carbocycles. The molecule has 19 N–H and O–H groups in total. The number of carboxylic acid groups (broad SMARTS) is 4. The van der Waals surface area contributed by atoms with Gasteiger partial charge in [0.1, 0.15) is 48.3 Å². The Bertz CT molecular complexity index is 2790. The van der Waals surface area contributed by atoms with Crippen molar-refractivity contribution in [3.8, 4) is 0 Å². The SMILES string of the molecule is CC[C@H](C)[C@H](NC(=O)[C@H](CC(=O)O)NC(=O)[C@H](Cc1ccccc1)NC(=O)[C@H](C)NC(=O)[C@H](CC(=O)O)NC(=O)[C@H](CC(C)C)NC(=O)[C@H](Cc1c[nH]c2ccccc12)NC(=O)[C@H](CCCN=C(N)N)NC(=O)[C@@H](N)CC(=O)O)C(=O)O. The van der Waals surface area contributed by atoms with Gasteiger partial charge in [0.05, 0.1) is 25.3 Å². The minimum Gasteiger partial charge on any atom is -0.481 e. The van der Waals surface area contributed by atoms with Gasteiger partial charge in [0.2, 0.25) is 47.3 Å². The van der Waals surface area contributed by atoms with E-state index >= 15 is 0 Å². The van der Waals surface area contributed by atoms with Crippen molar-refractivity contribution in [3.05, 3.63) is 71.9 Å². The number of hydrogen-bond donors (Lipinski definition) is 16. The largest absolute Gasteiger partial charge is 0.481 e. The average molecular weight is 1150 g/mol. The molecule has 0 aliphatic heterocycles. The van der Waals surface area contributed by atoms with E-state index in [0.29, 0.717) is 28.5 Å². The van der Waals surface area contributed by atoms with Gasteiger partial charge in [-0.1, -0.05) is 82.6 Å². The van der Waals surface area contributed by atoms with Crippen LogP contribution in [0.2, 0.25) is 0 Å². The van der Waals surface area contributed by atoms with Gasteiger partial charge in [-0.25, -0.2) is 4.79 Å². The lowest BCUT2D eigenvalue weighted by Crippen LogP contribution is -2.61. The van der Waals surface area contributed by atoms with E-state index in [2.05, 4.69) is 52.5 Å². The Balaban J connectivity index is 1.92. The number of rotatable bonds is 35. The standard InChI is InChI=1S/C53H75N13O16/c1-6-27(4)43(52(81)82)66-51(80)39(24-42(71)72)65-49(78)36(20-29-13-8-7-9-14-29)61-44(73)28(5)59-47(76)38(23-41(69)70)64-48(77)35(19-26(2)3)62-50(79)37(21-30-25-58-33-16-11-10-15-31(30)33)63-46(75)34(17-12-18-57-53(55)56)60-45(74)32(54)22-40(67)68/h7-11,13-16,25-28,32,34-39,43,58H,6,12,17-24,54H2,1-5H3,(H,59,76)(H,60,74)(H,61,73)(H,62,79)(H,63,75)(H,64,77)(H,65,78)(H,66,80)(H,67,68)(H,69,70)(H,71,72)(H,81,82)(H4,55,56,57)/t27-,28-,32-,34-,35-,36-,37-,38-,39-,43-/m0/s1. The summed E-state index contributed by atoms with van der Waals surface area (Å²) in [7, 11) is 0. The summed E-state index contributed by atoms with van der Waals surface area (Å²) in [4.78, 5) is 165. The van der Waals surface area contributed by atoms with Crippen molar-refractivity contribution >= 4 is 88.0 Å². The molecule has 3 aromatic rings. The molecule has 0 saturated heterocycles. The second-order valence-electron chi connectivity index (χ2n) is 20.0. The monoisotopic (exact) mass is 1150 g/mol. The van der Waals surface area contributed by atoms with Crippen molar-refractivity contribution < 1.29 is 78.0 Å². The maximum absolute atomic E-state index is 14.5. The van der Waals surface area contributed by atoms with E-state index in [9.17, 15) is 78.0 Å². The second-order valence-corrected chi connectivity index (χ2v) is 20.0. The van der Waals surface area contributed by atoms with Gasteiger partial charge in [-0.05, 0) is 55.2 Å². The van der Waals surface area contributed by atoms with Gasteiger partial charge in [0.15, 0.2) is 5.96 Å². The van der Waals surface area contributed by atoms with Gasteiger partial charge >= 0.3 is 23.9 Å². The molecular weight excluding hydrogens is 1070 g/mol. The zero-order chi connectivity index (χ0) is 61.4. The van der Waals surface area contributed by atoms with Crippen LogP contribution < -0.4 is 59.7 Å². The fourth-order valence-corrected chi connectivity index (χ4v) is 8.29. The van der Waals surface area contributed by atoms with E-state index in [1.54, 1.807) is 88.5 Å². The number of nitrogens with one attached hydrogen (secondary N) is 9. The van der Waals surface area contributed by atoms with Crippen LogP contribution in [0.25, 0.3) is 10.9 Å². The van der Waals surface area contributed by atoms with Crippen LogP contribution >= 0.6 is 0 Å². The number of carbonyl (C=O) groups excluding carboxylic acids is 8. The Hall–Kier alpha value is -9.15. The number of fused-ring (bicyclic) bond motifs is 1. The molecule has 82 heavy (non-hydrogen) atoms. The fraction of sp³-hybridized carbons (Fsp3) is 0.491. The van der Waals surface area contributed by atoms with Crippen molar-refractivity contribution in [1.29, 1.82) is 0 Å². The Morgan fingerprint density at radius 1 is 0.549 bits per heavy atom. The van der Waals surface area contributed by atoms with E-state index in [0.717, 1.165) is 0 Å². The molecule has 2 aromatic carbocycles. The number of aliphatic imine (C=N–C) groups is 1. The predicted octanol–water partition coefficient (Wildman–Crippen LogP) is -2.17. The maximum atomic E-state index is 14.5. The molecule has 0 aliphatic rings. The van der Waals surface area contributed by atoms with Crippen molar-refractivity contribution in [1.82, 2.24) is 47.5 Å². The molecule has 0 bridgehead atoms. The van der Waals surface area contributed by atoms with Gasteiger partial charge in [-0.2, -0.15) is 0 Å². The number of amides is 8. The number of carboxylic acids is 4. The Labute approximate surface area is 471 Å². The van der Waals surface area contributed by atoms with E-state index in [-0.39, 0.29) is 50.5 Å². The maximum Gasteiger partial charge on any atom is 0.326 e. The first-order valence-electron chi connectivity index (χ1n) is 26.3. The minimum atomic E-state index is -1.91. The van der Waals surface area contributed by atoms with Crippen LogP contribution in [0.4, 0.5) is 0 Å². The number of hydrogen-bond acceptors (Lipinski definition) is 14. The lowest BCUT2D eigenvalue weighted by Gasteiger charge is -2.28. The zero-order valence-electron chi connectivity index (χ0n) is 46.1. The summed E-state index contributed by atoms with van der Waals surface area (Å²) in [6.45, 7) is 7.78. The van der Waals surface area contributed by atoms with Gasteiger partial charge < -0.3 is 85.1 Å². The summed E-state index contributed by atoms with van der Waals surface area (Å²) < 4.78 is 0. The molecular formula is C53H75N13O16. The van der Waals surface area contributed by atoms with Gasteiger partial charge in [0, 0.05) is 36.5 Å². The molecule has 10 atom stereocenters. The quantitative estimate of drug-likeness (QED) is 0.0169. The molecule has 0 fully saturated rings. The molecule has 1 heterocycles. The summed E-state index contributed by atoms with van der Waals surface area (Å²) in [5.74, 6) is -15.5. The molecule has 448 valence electrons. The summed E-state index contributed by atoms with van der Waals surface area (Å²) in [6, 6.07) is 0.781. The molecule has 29 heteroatoms. The fourth-order valence-electron chi connectivity index (χ4n) is 8.29. The number of carbonyl (C=O) groups is 12. The Morgan fingerprint density at radius 3 is 1.57 bits per heavy atom. The predicted molar refractivity (Wildman–Crippen MR) is 294 cm³/mol. The summed E-state index contributed by atoms with van der Waals surface area (Å²) in [6.07, 6.45) is -1.50. The number of aromatic nitrogens is 1. The van der Waals surface area contributed by atoms with Crippen LogP contribution in [0, 0.1) is 11.8 Å². The summed E-state index contributed by atoms with van der Waals surface area (Å²) in [5.41, 5.74) is 18.3. The number of nitrogens with two attached hydrogens (primary N) is 3. The van der Waals surface area contributed by atoms with E-state index in [1.807, 2.05) is 0 Å². The molecule has 0 unspecified atom stereocenters. The average Bonchev–Trinajstić information content (AvgIpc) is 3.94. The summed E-state index contributed by atoms with van der Waals surface area (Å²) >= 11 is 0. The number of benzene rings is 2. The highest BCUT2D eigenvalue weighted by atomic mass is 16.4. The normalized spacial score (nSPS) is 14.7. The van der Waals surface area contributed by atoms with E-state index in [4.69, 9.17) is 17.2 Å². The van der Waals surface area contributed by atoms with Crippen LogP contribution in [0.15, 0.2) is 65.8 Å². The highest BCUT2D eigenvalue weighted by Crippen LogP contribution is 2.20. The van der Waals surface area contributed by atoms with Crippen molar-refractivity contribution in [2.45, 2.75) is 147 Å². The topological polar surface area (TPSA) is 488 Å². The van der Waals surface area contributed by atoms with Crippen molar-refractivity contribution in [2.75, 3.05) is 6.54 Å². The molecule has 29 nitrogen and oxygen atoms in total. The third-order valence-corrected chi connectivity index (χ3v) is 12.8. The van der Waals surface area contributed by atoms with Crippen LogP contribution in [0.1, 0.15) is 90.7 Å². The number of H-pyrrole nitrogens is 1. The third kappa shape index (κ3) is 22.5. The Morgan fingerprint density at radius 2 is 1.02 bits per heavy atom. The summed E-state index contributed by atoms with van der Waals surface area (Å²) in [5, 5.41) is 58.4. The first-order chi connectivity index (χ1) is 38.6. The lowest BCUT2D eigenvalue weighted by atomic mass is 9.98. The number of para-hydroxylation sites is 1. The minimum absolute atomic E-state index is 0.00863. The van der Waals surface area contributed by atoms with E-state index in [1.165, 1.54) is 6.92 Å². The van der Waals surface area contributed by atoms with Crippen molar-refractivity contribution in [3.63, 3.8) is 0 Å². The number of nitrogens with zero attached hydrogens (tertiary/aromatic N) is 1. The van der Waals surface area contributed by atoms with Gasteiger partial charge in [0.25, 0.3) is 0 Å². The number of aliphatic carboxylic acids is 4. The van der Waals surface area contributed by atoms with Crippen LogP contribution in [-0.4, -0.2) is 163 Å². The zero-order valence-corrected chi connectivity index (χ0v) is 46.1. The van der Waals surface area contributed by atoms with Gasteiger partial charge in [-0.15, -0.1) is 0 Å². The second kappa shape index (κ2) is 32.8. The lowest BCUT2D eigenvalue weighted by molar-refractivity contribution is -0.145.